The van der Waals surface area contributed by atoms with Crippen molar-refractivity contribution in [3.8, 4) is 0 Å². The minimum Gasteiger partial charge on any atom is -1.00 e. The van der Waals surface area contributed by atoms with Gasteiger partial charge in [0.05, 0.1) is 0 Å². The summed E-state index contributed by atoms with van der Waals surface area (Å²) in [6.07, 6.45) is 9.98. The number of rotatable bonds is 2. The summed E-state index contributed by atoms with van der Waals surface area (Å²) in [6.45, 7) is 4.52. The van der Waals surface area contributed by atoms with E-state index in [1.807, 2.05) is 0 Å². The molecule has 124 valence electrons. The third-order valence-electron chi connectivity index (χ3n) is 6.36. The molecule has 0 spiro atoms. The van der Waals surface area contributed by atoms with E-state index in [9.17, 15) is 0 Å². The molecule has 1 fully saturated rings. The summed E-state index contributed by atoms with van der Waals surface area (Å²) in [7, 11) is 0. The fourth-order valence-electron chi connectivity index (χ4n) is 4.96. The maximum absolute atomic E-state index is 2.57. The van der Waals surface area contributed by atoms with Crippen molar-refractivity contribution in [2.75, 3.05) is 0 Å². The van der Waals surface area contributed by atoms with Gasteiger partial charge in [-0.1, -0.05) is 0 Å². The summed E-state index contributed by atoms with van der Waals surface area (Å²) < 4.78 is 4.69. The summed E-state index contributed by atoms with van der Waals surface area (Å²) in [5.41, 5.74) is 9.22. The number of hydrogen-bond donors (Lipinski definition) is 0. The van der Waals surface area contributed by atoms with Crippen molar-refractivity contribution in [1.82, 2.24) is 0 Å². The first-order valence-corrected chi connectivity index (χ1v) is 15.1. The summed E-state index contributed by atoms with van der Waals surface area (Å²) in [6, 6.07) is 13.8. The Morgan fingerprint density at radius 2 is 1.25 bits per heavy atom. The monoisotopic (exact) mass is 412 g/mol. The molecule has 2 aromatic carbocycles. The molecule has 2 heteroatoms. The molecule has 24 heavy (non-hydrogen) atoms. The van der Waals surface area contributed by atoms with Crippen LogP contribution in [0.1, 0.15) is 42.1 Å². The minimum atomic E-state index is -2.19. The van der Waals surface area contributed by atoms with E-state index in [-0.39, 0.29) is 13.8 Å². The molecule has 2 unspecified atom stereocenters. The maximum Gasteiger partial charge on any atom is -1.00 e. The largest absolute Gasteiger partial charge is 1.00 e. The smallest absolute Gasteiger partial charge is 1.00 e. The van der Waals surface area contributed by atoms with E-state index in [0.717, 1.165) is 7.25 Å². The quantitative estimate of drug-likeness (QED) is 0.708. The second kappa shape index (κ2) is 5.82. The van der Waals surface area contributed by atoms with Crippen molar-refractivity contribution >= 4 is 12.2 Å². The Kier molecular flexibility index (Phi) is 4.02. The summed E-state index contributed by atoms with van der Waals surface area (Å²) in [5.74, 6) is 0. The molecule has 0 radical (unpaired) electrons. The zero-order chi connectivity index (χ0) is 15.6. The SMILES string of the molecule is Cc1cccc2c1C=C[CH]2[Zr]1([CH]2C=Cc3c(C)cccc32)[CH2][CH2]1.[Cl-].[H-]. The van der Waals surface area contributed by atoms with Crippen molar-refractivity contribution in [2.45, 2.75) is 29.4 Å². The molecular weight excluding hydrogens is 391 g/mol. The number of halogens is 1. The molecule has 0 saturated carbocycles. The third-order valence-corrected chi connectivity index (χ3v) is 19.0. The van der Waals surface area contributed by atoms with E-state index >= 15 is 0 Å². The van der Waals surface area contributed by atoms with E-state index in [2.05, 4.69) is 74.5 Å². The van der Waals surface area contributed by atoms with Crippen LogP contribution in [-0.2, 0) is 20.3 Å². The second-order valence-electron chi connectivity index (χ2n) is 7.56. The van der Waals surface area contributed by atoms with Gasteiger partial charge in [0, 0.05) is 0 Å². The Bertz CT molecular complexity index is 810. The molecule has 0 nitrogen and oxygen atoms in total. The predicted octanol–water partition coefficient (Wildman–Crippen LogP) is 3.26. The summed E-state index contributed by atoms with van der Waals surface area (Å²) >= 11 is -2.19. The molecule has 5 rings (SSSR count). The standard InChI is InChI=1S/2C10H9.C2H4.ClH.Zr.H/c2*1-8-4-2-5-9-6-3-7-10(8)9;1-2;;;/h2*2-7H,1H3;1-2H2;1H;;/q;;;;;-1/p-1. The van der Waals surface area contributed by atoms with E-state index < -0.39 is 20.3 Å². The van der Waals surface area contributed by atoms with Gasteiger partial charge in [-0.2, -0.15) is 0 Å². The third kappa shape index (κ3) is 2.21. The van der Waals surface area contributed by atoms with Crippen LogP contribution < -0.4 is 12.4 Å². The van der Waals surface area contributed by atoms with Crippen molar-refractivity contribution in [2.24, 2.45) is 0 Å². The zero-order valence-electron chi connectivity index (χ0n) is 15.2. The van der Waals surface area contributed by atoms with Crippen LogP contribution in [0.2, 0.25) is 8.26 Å². The van der Waals surface area contributed by atoms with Crippen molar-refractivity contribution in [1.29, 1.82) is 0 Å². The molecule has 0 amide bonds. The first kappa shape index (κ1) is 16.6. The van der Waals surface area contributed by atoms with Gasteiger partial charge in [-0.05, 0) is 0 Å². The van der Waals surface area contributed by atoms with Crippen LogP contribution in [0.4, 0.5) is 0 Å². The normalized spacial score (nSPS) is 24.4. The number of allylic oxidation sites excluding steroid dienone is 2. The van der Waals surface area contributed by atoms with Crippen LogP contribution in [0.25, 0.3) is 12.2 Å². The Morgan fingerprint density at radius 3 is 1.67 bits per heavy atom. The zero-order valence-corrected chi connectivity index (χ0v) is 17.4. The predicted molar refractivity (Wildman–Crippen MR) is 96.6 cm³/mol. The molecule has 2 aromatic rings. The van der Waals surface area contributed by atoms with Gasteiger partial charge in [0.2, 0.25) is 0 Å². The molecule has 3 aliphatic rings. The molecule has 2 atom stereocenters. The van der Waals surface area contributed by atoms with Crippen molar-refractivity contribution < 1.29 is 34.1 Å². The molecule has 1 aliphatic heterocycles. The first-order chi connectivity index (χ1) is 11.2. The van der Waals surface area contributed by atoms with Gasteiger partial charge >= 0.3 is 144 Å². The first-order valence-electron chi connectivity index (χ1n) is 8.76. The van der Waals surface area contributed by atoms with Gasteiger partial charge in [0.15, 0.2) is 0 Å². The topological polar surface area (TPSA) is 0 Å². The van der Waals surface area contributed by atoms with Crippen LogP contribution in [0.3, 0.4) is 0 Å². The summed E-state index contributed by atoms with van der Waals surface area (Å²) in [4.78, 5) is 0. The van der Waals surface area contributed by atoms with E-state index in [1.165, 1.54) is 22.3 Å². The molecular formula is C22H23ClZr-2. The van der Waals surface area contributed by atoms with E-state index in [1.54, 1.807) is 19.4 Å². The van der Waals surface area contributed by atoms with Crippen LogP contribution in [0, 0.1) is 13.8 Å². The minimum absolute atomic E-state index is 0. The van der Waals surface area contributed by atoms with Gasteiger partial charge in [-0.3, -0.25) is 0 Å². The maximum atomic E-state index is 2.57. The van der Waals surface area contributed by atoms with Crippen LogP contribution in [-0.4, -0.2) is 0 Å². The average molecular weight is 414 g/mol. The van der Waals surface area contributed by atoms with Gasteiger partial charge in [0.1, 0.15) is 0 Å². The van der Waals surface area contributed by atoms with Gasteiger partial charge in [0.25, 0.3) is 0 Å². The number of aryl methyl sites for hydroxylation is 2. The Balaban J connectivity index is 0.000000911. The van der Waals surface area contributed by atoms with Crippen LogP contribution in [0.15, 0.2) is 48.6 Å². The van der Waals surface area contributed by atoms with Crippen LogP contribution >= 0.6 is 0 Å². The van der Waals surface area contributed by atoms with Crippen LogP contribution in [0.5, 0.6) is 0 Å². The van der Waals surface area contributed by atoms with Gasteiger partial charge in [-0.15, -0.1) is 0 Å². The molecule has 2 aliphatic carbocycles. The Morgan fingerprint density at radius 1 is 0.792 bits per heavy atom. The second-order valence-corrected chi connectivity index (χ2v) is 19.1. The number of hydrogen-bond acceptors (Lipinski definition) is 0. The molecule has 0 aromatic heterocycles. The average Bonchev–Trinajstić information content (AvgIpc) is 3.03. The van der Waals surface area contributed by atoms with E-state index in [4.69, 9.17) is 0 Å². The Hall–Kier alpha value is -0.907. The van der Waals surface area contributed by atoms with Crippen molar-refractivity contribution in [3.63, 3.8) is 0 Å². The molecule has 0 N–H and O–H groups in total. The fraction of sp³-hybridized carbons (Fsp3) is 0.273. The Labute approximate surface area is 157 Å². The number of benzene rings is 2. The molecule has 1 saturated heterocycles. The molecule has 1 heterocycles. The fourth-order valence-corrected chi connectivity index (χ4v) is 20.5. The van der Waals surface area contributed by atoms with Gasteiger partial charge in [-0.25, -0.2) is 0 Å². The number of fused-ring (bicyclic) bond motifs is 2. The summed E-state index contributed by atoms with van der Waals surface area (Å²) in [5, 5.41) is 0. The van der Waals surface area contributed by atoms with Crippen molar-refractivity contribution in [3.05, 3.63) is 81.9 Å². The molecule has 0 bridgehead atoms. The van der Waals surface area contributed by atoms with Gasteiger partial charge < -0.3 is 13.8 Å². The van der Waals surface area contributed by atoms with E-state index in [0.29, 0.717) is 0 Å².